The van der Waals surface area contributed by atoms with Gasteiger partial charge in [-0.15, -0.1) is 0 Å². The topological polar surface area (TPSA) is 78.3 Å². The van der Waals surface area contributed by atoms with Crippen molar-refractivity contribution in [3.8, 4) is 11.5 Å². The van der Waals surface area contributed by atoms with Gasteiger partial charge in [0, 0.05) is 16.8 Å². The van der Waals surface area contributed by atoms with Crippen LogP contribution in [0.15, 0.2) is 36.4 Å². The first-order valence-electron chi connectivity index (χ1n) is 6.17. The highest BCUT2D eigenvalue weighted by molar-refractivity contribution is 6.31. The number of ether oxygens (including phenoxy) is 1. The van der Waals surface area contributed by atoms with Gasteiger partial charge in [0.1, 0.15) is 11.5 Å². The highest BCUT2D eigenvalue weighted by atomic mass is 35.5. The molecule has 0 saturated carbocycles. The van der Waals surface area contributed by atoms with E-state index in [-0.39, 0.29) is 5.56 Å². The average Bonchev–Trinajstić information content (AvgIpc) is 2.40. The van der Waals surface area contributed by atoms with Crippen molar-refractivity contribution in [3.05, 3.63) is 52.5 Å². The Hall–Kier alpha value is -2.20. The number of nitrogen functional groups attached to an aromatic ring is 1. The maximum absolute atomic E-state index is 11.4. The monoisotopic (exact) mass is 290 g/mol. The second kappa shape index (κ2) is 5.84. The quantitative estimate of drug-likeness (QED) is 0.847. The summed E-state index contributed by atoms with van der Waals surface area (Å²) in [5.41, 5.74) is 12.8. The molecule has 4 N–H and O–H groups in total. The summed E-state index contributed by atoms with van der Waals surface area (Å²) < 4.78 is 5.71. The molecule has 0 aliphatic heterocycles. The second-order valence-electron chi connectivity index (χ2n) is 4.33. The predicted molar refractivity (Wildman–Crippen MR) is 80.3 cm³/mol. The summed E-state index contributed by atoms with van der Waals surface area (Å²) in [6.07, 6.45) is 0.787. The molecule has 20 heavy (non-hydrogen) atoms. The molecule has 0 aliphatic carbocycles. The lowest BCUT2D eigenvalue weighted by Crippen LogP contribution is -2.12. The van der Waals surface area contributed by atoms with E-state index in [0.717, 1.165) is 12.0 Å². The SMILES string of the molecule is CCc1cc(Oc2cc(N)ccc2C(N)=O)ccc1Cl. The summed E-state index contributed by atoms with van der Waals surface area (Å²) in [6.45, 7) is 2.00. The number of amides is 1. The molecular formula is C15H15ClN2O2. The fraction of sp³-hybridized carbons (Fsp3) is 0.133. The number of carbonyl (C=O) groups is 1. The first kappa shape index (κ1) is 14.2. The van der Waals surface area contributed by atoms with Gasteiger partial charge < -0.3 is 16.2 Å². The molecule has 5 heteroatoms. The normalized spacial score (nSPS) is 10.3. The largest absolute Gasteiger partial charge is 0.456 e. The number of hydrogen-bond donors (Lipinski definition) is 2. The lowest BCUT2D eigenvalue weighted by Gasteiger charge is -2.11. The van der Waals surface area contributed by atoms with Crippen LogP contribution in [0.3, 0.4) is 0 Å². The van der Waals surface area contributed by atoms with Crippen LogP contribution in [-0.2, 0) is 6.42 Å². The zero-order chi connectivity index (χ0) is 14.7. The number of benzene rings is 2. The van der Waals surface area contributed by atoms with Crippen molar-refractivity contribution >= 4 is 23.2 Å². The van der Waals surface area contributed by atoms with Crippen LogP contribution >= 0.6 is 11.6 Å². The minimum atomic E-state index is -0.565. The molecule has 1 amide bonds. The van der Waals surface area contributed by atoms with Crippen LogP contribution in [0.1, 0.15) is 22.8 Å². The van der Waals surface area contributed by atoms with E-state index in [9.17, 15) is 4.79 Å². The molecule has 0 unspecified atom stereocenters. The van der Waals surface area contributed by atoms with Crippen LogP contribution in [-0.4, -0.2) is 5.91 Å². The third-order valence-corrected chi connectivity index (χ3v) is 3.27. The third kappa shape index (κ3) is 3.03. The van der Waals surface area contributed by atoms with Crippen LogP contribution in [0.5, 0.6) is 11.5 Å². The van der Waals surface area contributed by atoms with Gasteiger partial charge in [-0.05, 0) is 42.3 Å². The van der Waals surface area contributed by atoms with Gasteiger partial charge in [-0.1, -0.05) is 18.5 Å². The smallest absolute Gasteiger partial charge is 0.252 e. The van der Waals surface area contributed by atoms with Crippen molar-refractivity contribution in [1.29, 1.82) is 0 Å². The van der Waals surface area contributed by atoms with Gasteiger partial charge >= 0.3 is 0 Å². The third-order valence-electron chi connectivity index (χ3n) is 2.90. The number of anilines is 1. The minimum absolute atomic E-state index is 0.284. The van der Waals surface area contributed by atoms with E-state index < -0.39 is 5.91 Å². The molecule has 0 radical (unpaired) electrons. The zero-order valence-electron chi connectivity index (χ0n) is 11.0. The molecule has 2 aromatic rings. The van der Waals surface area contributed by atoms with Gasteiger partial charge in [0.2, 0.25) is 0 Å². The van der Waals surface area contributed by atoms with E-state index >= 15 is 0 Å². The Morgan fingerprint density at radius 3 is 2.65 bits per heavy atom. The Bertz CT molecular complexity index is 656. The number of halogens is 1. The molecule has 2 rings (SSSR count). The number of carbonyl (C=O) groups excluding carboxylic acids is 1. The van der Waals surface area contributed by atoms with E-state index in [4.69, 9.17) is 27.8 Å². The summed E-state index contributed by atoms with van der Waals surface area (Å²) in [5.74, 6) is 0.353. The Morgan fingerprint density at radius 1 is 1.25 bits per heavy atom. The molecule has 0 fully saturated rings. The van der Waals surface area contributed by atoms with Crippen LogP contribution < -0.4 is 16.2 Å². The highest BCUT2D eigenvalue weighted by Gasteiger charge is 2.11. The van der Waals surface area contributed by atoms with Gasteiger partial charge in [0.25, 0.3) is 5.91 Å². The number of hydrogen-bond acceptors (Lipinski definition) is 3. The van der Waals surface area contributed by atoms with Crippen molar-refractivity contribution in [3.63, 3.8) is 0 Å². The first-order chi connectivity index (χ1) is 9.51. The van der Waals surface area contributed by atoms with E-state index in [2.05, 4.69) is 0 Å². The standard InChI is InChI=1S/C15H15ClN2O2/c1-2-9-7-11(4-6-13(9)16)20-14-8-10(17)3-5-12(14)15(18)19/h3-8H,2,17H2,1H3,(H2,18,19). The van der Waals surface area contributed by atoms with Crippen molar-refractivity contribution < 1.29 is 9.53 Å². The van der Waals surface area contributed by atoms with Gasteiger partial charge in [-0.25, -0.2) is 0 Å². The average molecular weight is 291 g/mol. The molecule has 0 heterocycles. The van der Waals surface area contributed by atoms with Crippen LogP contribution in [0, 0.1) is 0 Å². The summed E-state index contributed by atoms with van der Waals surface area (Å²) in [4.78, 5) is 11.4. The Balaban J connectivity index is 2.39. The van der Waals surface area contributed by atoms with E-state index in [1.54, 1.807) is 30.3 Å². The van der Waals surface area contributed by atoms with Crippen molar-refractivity contribution in [2.75, 3.05) is 5.73 Å². The first-order valence-corrected chi connectivity index (χ1v) is 6.54. The lowest BCUT2D eigenvalue weighted by molar-refractivity contribution is 0.0998. The molecule has 104 valence electrons. The van der Waals surface area contributed by atoms with E-state index in [1.165, 1.54) is 0 Å². The molecule has 2 aromatic carbocycles. The molecular weight excluding hydrogens is 276 g/mol. The predicted octanol–water partition coefficient (Wildman–Crippen LogP) is 3.38. The summed E-state index contributed by atoms with van der Waals surface area (Å²) in [5, 5.41) is 0.683. The van der Waals surface area contributed by atoms with Crippen LogP contribution in [0.25, 0.3) is 0 Å². The van der Waals surface area contributed by atoms with E-state index in [1.807, 2.05) is 13.0 Å². The minimum Gasteiger partial charge on any atom is -0.456 e. The number of aryl methyl sites for hydroxylation is 1. The Morgan fingerprint density at radius 2 is 2.00 bits per heavy atom. The summed E-state index contributed by atoms with van der Waals surface area (Å²) in [6, 6.07) is 10.0. The van der Waals surface area contributed by atoms with Gasteiger partial charge in [-0.2, -0.15) is 0 Å². The van der Waals surface area contributed by atoms with Crippen LogP contribution in [0.4, 0.5) is 5.69 Å². The summed E-state index contributed by atoms with van der Waals surface area (Å²) in [7, 11) is 0. The zero-order valence-corrected chi connectivity index (χ0v) is 11.8. The lowest BCUT2D eigenvalue weighted by atomic mass is 10.1. The van der Waals surface area contributed by atoms with Gasteiger partial charge in [-0.3, -0.25) is 4.79 Å². The van der Waals surface area contributed by atoms with Crippen molar-refractivity contribution in [2.24, 2.45) is 5.73 Å². The molecule has 0 saturated heterocycles. The fourth-order valence-electron chi connectivity index (χ4n) is 1.84. The molecule has 0 aromatic heterocycles. The highest BCUT2D eigenvalue weighted by Crippen LogP contribution is 2.30. The van der Waals surface area contributed by atoms with Gasteiger partial charge in [0.15, 0.2) is 0 Å². The number of nitrogens with two attached hydrogens (primary N) is 2. The Labute approximate surface area is 122 Å². The molecule has 0 spiro atoms. The van der Waals surface area contributed by atoms with Crippen molar-refractivity contribution in [2.45, 2.75) is 13.3 Å². The molecule has 0 atom stereocenters. The molecule has 0 bridgehead atoms. The maximum Gasteiger partial charge on any atom is 0.252 e. The van der Waals surface area contributed by atoms with Crippen molar-refractivity contribution in [1.82, 2.24) is 0 Å². The number of rotatable bonds is 4. The van der Waals surface area contributed by atoms with Gasteiger partial charge in [0.05, 0.1) is 5.56 Å². The number of primary amides is 1. The van der Waals surface area contributed by atoms with E-state index in [0.29, 0.717) is 22.2 Å². The second-order valence-corrected chi connectivity index (χ2v) is 4.74. The maximum atomic E-state index is 11.4. The summed E-state index contributed by atoms with van der Waals surface area (Å²) >= 11 is 6.06. The Kier molecular flexibility index (Phi) is 4.15. The van der Waals surface area contributed by atoms with Crippen LogP contribution in [0.2, 0.25) is 5.02 Å². The molecule has 4 nitrogen and oxygen atoms in total. The molecule has 0 aliphatic rings. The fourth-order valence-corrected chi connectivity index (χ4v) is 2.09.